The van der Waals surface area contributed by atoms with Crippen molar-refractivity contribution in [3.05, 3.63) is 86.3 Å². The van der Waals surface area contributed by atoms with E-state index in [4.69, 9.17) is 5.26 Å². The molecule has 0 aliphatic rings. The number of nitriles is 1. The predicted octanol–water partition coefficient (Wildman–Crippen LogP) is 3.40. The number of carbonyl (C=O) groups is 1. The molecule has 3 heterocycles. The highest BCUT2D eigenvalue weighted by molar-refractivity contribution is 7.15. The van der Waals surface area contributed by atoms with E-state index in [9.17, 15) is 9.59 Å². The Kier molecular flexibility index (Phi) is 4.89. The van der Waals surface area contributed by atoms with Crippen molar-refractivity contribution in [1.82, 2.24) is 15.0 Å². The van der Waals surface area contributed by atoms with Crippen LogP contribution in [0.4, 0.5) is 5.13 Å². The van der Waals surface area contributed by atoms with Gasteiger partial charge in [-0.2, -0.15) is 5.26 Å². The van der Waals surface area contributed by atoms with E-state index >= 15 is 0 Å². The first-order valence-electron chi connectivity index (χ1n) is 8.77. The lowest BCUT2D eigenvalue weighted by Gasteiger charge is -2.03. The molecular formula is C21H15N5O2S. The molecule has 4 rings (SSSR count). The lowest BCUT2D eigenvalue weighted by atomic mass is 10.1. The number of amides is 1. The molecule has 7 nitrogen and oxygen atoms in total. The number of benzene rings is 1. The van der Waals surface area contributed by atoms with E-state index in [2.05, 4.69) is 26.3 Å². The van der Waals surface area contributed by atoms with E-state index in [0.717, 1.165) is 16.1 Å². The highest BCUT2D eigenvalue weighted by atomic mass is 32.1. The fourth-order valence-corrected chi connectivity index (χ4v) is 3.72. The quantitative estimate of drug-likeness (QED) is 0.544. The summed E-state index contributed by atoms with van der Waals surface area (Å²) in [6.45, 7) is 1.83. The van der Waals surface area contributed by atoms with Crippen LogP contribution in [0.25, 0.3) is 11.0 Å². The smallest absolute Gasteiger partial charge is 0.262 e. The van der Waals surface area contributed by atoms with Gasteiger partial charge in [0.1, 0.15) is 11.2 Å². The summed E-state index contributed by atoms with van der Waals surface area (Å²) in [4.78, 5) is 37.5. The molecule has 0 aliphatic heterocycles. The summed E-state index contributed by atoms with van der Waals surface area (Å²) < 4.78 is 0. The highest BCUT2D eigenvalue weighted by Crippen LogP contribution is 2.22. The van der Waals surface area contributed by atoms with Crippen molar-refractivity contribution in [3.63, 3.8) is 0 Å². The van der Waals surface area contributed by atoms with Crippen LogP contribution in [0.15, 0.2) is 53.6 Å². The van der Waals surface area contributed by atoms with Crippen LogP contribution in [0.1, 0.15) is 32.1 Å². The number of pyridine rings is 2. The van der Waals surface area contributed by atoms with Crippen molar-refractivity contribution >= 4 is 33.4 Å². The number of hydrogen-bond donors (Lipinski definition) is 2. The Morgan fingerprint density at radius 3 is 2.79 bits per heavy atom. The average Bonchev–Trinajstić information content (AvgIpc) is 3.15. The number of aromatic nitrogens is 3. The molecule has 0 aliphatic carbocycles. The van der Waals surface area contributed by atoms with Gasteiger partial charge in [-0.25, -0.2) is 9.97 Å². The summed E-state index contributed by atoms with van der Waals surface area (Å²) in [5.74, 6) is -0.520. The van der Waals surface area contributed by atoms with Crippen molar-refractivity contribution < 1.29 is 4.79 Å². The topological polar surface area (TPSA) is 112 Å². The SMILES string of the molecule is Cc1ccc2c(=O)c(C(=O)Nc3ncc(Cc4ccc(C#N)cc4)s3)c[nH]c2n1. The van der Waals surface area contributed by atoms with Crippen molar-refractivity contribution in [2.75, 3.05) is 5.32 Å². The Balaban J connectivity index is 1.51. The molecule has 0 atom stereocenters. The average molecular weight is 401 g/mol. The maximum absolute atomic E-state index is 12.6. The van der Waals surface area contributed by atoms with Gasteiger partial charge in [-0.15, -0.1) is 11.3 Å². The van der Waals surface area contributed by atoms with Gasteiger partial charge in [0.05, 0.1) is 17.0 Å². The molecule has 1 aromatic carbocycles. The van der Waals surface area contributed by atoms with Crippen LogP contribution in [0.5, 0.6) is 0 Å². The molecule has 0 saturated heterocycles. The third-order valence-corrected chi connectivity index (χ3v) is 5.27. The highest BCUT2D eigenvalue weighted by Gasteiger charge is 2.15. The van der Waals surface area contributed by atoms with Gasteiger partial charge in [0.15, 0.2) is 5.13 Å². The second-order valence-corrected chi connectivity index (χ2v) is 7.57. The molecular weight excluding hydrogens is 386 g/mol. The summed E-state index contributed by atoms with van der Waals surface area (Å²) in [6.07, 6.45) is 3.70. The van der Waals surface area contributed by atoms with Crippen LogP contribution >= 0.6 is 11.3 Å². The Morgan fingerprint density at radius 1 is 1.24 bits per heavy atom. The number of carbonyl (C=O) groups excluding carboxylic acids is 1. The maximum atomic E-state index is 12.6. The molecule has 2 N–H and O–H groups in total. The third-order valence-electron chi connectivity index (χ3n) is 4.36. The molecule has 0 saturated carbocycles. The number of nitrogens with zero attached hydrogens (tertiary/aromatic N) is 3. The molecule has 8 heteroatoms. The van der Waals surface area contributed by atoms with E-state index in [1.807, 2.05) is 19.1 Å². The minimum atomic E-state index is -0.520. The second-order valence-electron chi connectivity index (χ2n) is 6.45. The van der Waals surface area contributed by atoms with Gasteiger partial charge in [0.25, 0.3) is 5.91 Å². The van der Waals surface area contributed by atoms with Gasteiger partial charge in [-0.05, 0) is 36.8 Å². The summed E-state index contributed by atoms with van der Waals surface area (Å²) in [6, 6.07) is 12.8. The summed E-state index contributed by atoms with van der Waals surface area (Å²) in [7, 11) is 0. The Morgan fingerprint density at radius 2 is 2.03 bits per heavy atom. The Bertz CT molecular complexity index is 1320. The Hall–Kier alpha value is -3.83. The number of anilines is 1. The summed E-state index contributed by atoms with van der Waals surface area (Å²) >= 11 is 1.34. The van der Waals surface area contributed by atoms with E-state index in [1.165, 1.54) is 17.5 Å². The number of H-pyrrole nitrogens is 1. The largest absolute Gasteiger partial charge is 0.345 e. The summed E-state index contributed by atoms with van der Waals surface area (Å²) in [5, 5.41) is 12.3. The maximum Gasteiger partial charge on any atom is 0.262 e. The van der Waals surface area contributed by atoms with Crippen molar-refractivity contribution in [3.8, 4) is 6.07 Å². The van der Waals surface area contributed by atoms with Crippen LogP contribution in [0, 0.1) is 18.3 Å². The molecule has 4 aromatic rings. The zero-order valence-corrected chi connectivity index (χ0v) is 16.2. The van der Waals surface area contributed by atoms with Crippen molar-refractivity contribution in [2.45, 2.75) is 13.3 Å². The number of nitrogens with one attached hydrogen (secondary N) is 2. The van der Waals surface area contributed by atoms with Crippen molar-refractivity contribution in [2.24, 2.45) is 0 Å². The van der Waals surface area contributed by atoms with E-state index in [-0.39, 0.29) is 11.0 Å². The lowest BCUT2D eigenvalue weighted by molar-refractivity contribution is 0.102. The first-order chi connectivity index (χ1) is 14.0. The van der Waals surface area contributed by atoms with E-state index in [0.29, 0.717) is 28.1 Å². The van der Waals surface area contributed by atoms with E-state index in [1.54, 1.807) is 30.5 Å². The van der Waals surface area contributed by atoms with Gasteiger partial charge >= 0.3 is 0 Å². The number of hydrogen-bond acceptors (Lipinski definition) is 6. The first-order valence-corrected chi connectivity index (χ1v) is 9.59. The third kappa shape index (κ3) is 3.90. The van der Waals surface area contributed by atoms with Crippen molar-refractivity contribution in [1.29, 1.82) is 5.26 Å². The molecule has 0 fully saturated rings. The van der Waals surface area contributed by atoms with Gasteiger partial charge in [0.2, 0.25) is 5.43 Å². The van der Waals surface area contributed by atoms with Crippen LogP contribution in [-0.4, -0.2) is 20.9 Å². The van der Waals surface area contributed by atoms with Crippen LogP contribution in [0.3, 0.4) is 0 Å². The number of fused-ring (bicyclic) bond motifs is 1. The predicted molar refractivity (Wildman–Crippen MR) is 111 cm³/mol. The van der Waals surface area contributed by atoms with Gasteiger partial charge in [-0.3, -0.25) is 14.9 Å². The fourth-order valence-electron chi connectivity index (χ4n) is 2.88. The Labute approximate surface area is 169 Å². The van der Waals surface area contributed by atoms with Gasteiger partial charge in [0, 0.05) is 29.4 Å². The zero-order chi connectivity index (χ0) is 20.4. The number of thiazole rings is 1. The normalized spacial score (nSPS) is 10.6. The molecule has 1 amide bonds. The summed E-state index contributed by atoms with van der Waals surface area (Å²) in [5.41, 5.74) is 2.51. The minimum Gasteiger partial charge on any atom is -0.345 e. The fraction of sp³-hybridized carbons (Fsp3) is 0.0952. The van der Waals surface area contributed by atoms with Crippen LogP contribution < -0.4 is 10.7 Å². The molecule has 0 spiro atoms. The standard InChI is InChI=1S/C21H15N5O2S/c1-12-2-7-16-18(27)17(11-23-19(16)25-12)20(28)26-21-24-10-15(29-21)8-13-3-5-14(9-22)6-4-13/h2-7,10-11H,8H2,1H3,(H,23,25,27)(H,24,26,28). The molecule has 3 aromatic heterocycles. The first kappa shape index (κ1) is 18.5. The van der Waals surface area contributed by atoms with Gasteiger partial charge < -0.3 is 4.98 Å². The lowest BCUT2D eigenvalue weighted by Crippen LogP contribution is -2.22. The number of aryl methyl sites for hydroxylation is 1. The van der Waals surface area contributed by atoms with Crippen LogP contribution in [-0.2, 0) is 6.42 Å². The second kappa shape index (κ2) is 7.66. The molecule has 142 valence electrons. The molecule has 29 heavy (non-hydrogen) atoms. The molecule has 0 unspecified atom stereocenters. The zero-order valence-electron chi connectivity index (χ0n) is 15.4. The number of rotatable bonds is 4. The number of aromatic amines is 1. The minimum absolute atomic E-state index is 0.00648. The monoisotopic (exact) mass is 401 g/mol. The molecule has 0 bridgehead atoms. The van der Waals surface area contributed by atoms with E-state index < -0.39 is 5.91 Å². The molecule has 0 radical (unpaired) electrons. The van der Waals surface area contributed by atoms with Crippen LogP contribution in [0.2, 0.25) is 0 Å². The van der Waals surface area contributed by atoms with Gasteiger partial charge in [-0.1, -0.05) is 12.1 Å².